The molecule has 0 spiro atoms. The zero-order valence-corrected chi connectivity index (χ0v) is 17.4. The Morgan fingerprint density at radius 3 is 2.56 bits per heavy atom. The maximum Gasteiger partial charge on any atom is 0.152 e. The van der Waals surface area contributed by atoms with Crippen LogP contribution in [-0.2, 0) is 16.4 Å². The molecular formula is C22H19ClO2S2. The van der Waals surface area contributed by atoms with Gasteiger partial charge in [-0.1, -0.05) is 54.1 Å². The van der Waals surface area contributed by atoms with Crippen LogP contribution in [0.15, 0.2) is 69.8 Å². The van der Waals surface area contributed by atoms with Crippen LogP contribution in [0, 0.1) is 18.8 Å². The first-order chi connectivity index (χ1) is 12.9. The number of rotatable bonds is 4. The molecule has 0 radical (unpaired) electrons. The second-order valence-electron chi connectivity index (χ2n) is 6.16. The summed E-state index contributed by atoms with van der Waals surface area (Å²) in [4.78, 5) is 2.06. The molecule has 0 saturated heterocycles. The third-order valence-corrected chi connectivity index (χ3v) is 6.72. The maximum atomic E-state index is 13.2. The van der Waals surface area contributed by atoms with Crippen molar-refractivity contribution in [2.45, 2.75) is 35.7 Å². The van der Waals surface area contributed by atoms with Gasteiger partial charge in [-0.15, -0.1) is 11.3 Å². The molecule has 0 fully saturated rings. The van der Waals surface area contributed by atoms with Crippen LogP contribution in [0.4, 0.5) is 0 Å². The Balaban J connectivity index is 2.09. The number of hydrogen-bond acceptors (Lipinski definition) is 3. The molecule has 0 amide bonds. The topological polar surface area (TPSA) is 37.3 Å². The smallest absolute Gasteiger partial charge is 0.152 e. The largest absolute Gasteiger partial charge is 0.373 e. The predicted molar refractivity (Wildman–Crippen MR) is 113 cm³/mol. The molecule has 0 bridgehead atoms. The summed E-state index contributed by atoms with van der Waals surface area (Å²) in [6, 6.07) is 16.4. The Labute approximate surface area is 171 Å². The van der Waals surface area contributed by atoms with Crippen LogP contribution in [0.25, 0.3) is 0 Å². The van der Waals surface area contributed by atoms with Crippen molar-refractivity contribution in [3.05, 3.63) is 81.0 Å². The van der Waals surface area contributed by atoms with Gasteiger partial charge in [0.25, 0.3) is 0 Å². The lowest BCUT2D eigenvalue weighted by molar-refractivity contribution is 0.0930. The van der Waals surface area contributed by atoms with E-state index in [4.69, 9.17) is 11.6 Å². The minimum Gasteiger partial charge on any atom is -0.373 e. The summed E-state index contributed by atoms with van der Waals surface area (Å²) in [5.74, 6) is 5.99. The van der Waals surface area contributed by atoms with E-state index >= 15 is 0 Å². The molecule has 3 aromatic rings. The number of thiophene rings is 1. The molecule has 0 saturated carbocycles. The minimum atomic E-state index is -1.45. The van der Waals surface area contributed by atoms with Crippen molar-refractivity contribution in [3.63, 3.8) is 0 Å². The zero-order chi connectivity index (χ0) is 19.4. The predicted octanol–water partition coefficient (Wildman–Crippen LogP) is 5.53. The maximum absolute atomic E-state index is 13.2. The first-order valence-corrected chi connectivity index (χ1v) is 10.9. The van der Waals surface area contributed by atoms with Crippen LogP contribution < -0.4 is 0 Å². The minimum absolute atomic E-state index is 0.351. The molecule has 2 atom stereocenters. The average Bonchev–Trinajstić information content (AvgIpc) is 3.20. The molecular weight excluding hydrogens is 396 g/mol. The fourth-order valence-electron chi connectivity index (χ4n) is 2.64. The van der Waals surface area contributed by atoms with E-state index in [0.717, 1.165) is 10.4 Å². The van der Waals surface area contributed by atoms with Gasteiger partial charge in [-0.2, -0.15) is 0 Å². The first-order valence-electron chi connectivity index (χ1n) is 8.50. The third kappa shape index (κ3) is 4.51. The second kappa shape index (κ2) is 8.41. The van der Waals surface area contributed by atoms with Gasteiger partial charge in [-0.25, -0.2) is 4.21 Å². The Bertz CT molecular complexity index is 1010. The number of hydrogen-bond donors (Lipinski definition) is 1. The van der Waals surface area contributed by atoms with Crippen LogP contribution >= 0.6 is 22.9 Å². The summed E-state index contributed by atoms with van der Waals surface area (Å²) in [7, 11) is -1.45. The van der Waals surface area contributed by atoms with Crippen molar-refractivity contribution in [2.24, 2.45) is 0 Å². The van der Waals surface area contributed by atoms with E-state index in [2.05, 4.69) is 11.8 Å². The average molecular weight is 415 g/mol. The van der Waals surface area contributed by atoms with E-state index in [1.165, 1.54) is 11.3 Å². The number of aryl methyl sites for hydroxylation is 1. The van der Waals surface area contributed by atoms with Crippen LogP contribution in [0.3, 0.4) is 0 Å². The molecule has 0 aliphatic rings. The summed E-state index contributed by atoms with van der Waals surface area (Å²) in [6.07, 6.45) is 0.351. The SMILES string of the molecule is CC[C@@](O)(C#Cc1cccs1)c1cc(Cl)ccc1S(=O)c1ccc(C)cc1. The van der Waals surface area contributed by atoms with Crippen molar-refractivity contribution >= 4 is 33.7 Å². The normalized spacial score (nSPS) is 14.1. The molecule has 0 aliphatic carbocycles. The van der Waals surface area contributed by atoms with E-state index in [1.807, 2.05) is 55.6 Å². The molecule has 1 unspecified atom stereocenters. The highest BCUT2D eigenvalue weighted by Crippen LogP contribution is 2.33. The second-order valence-corrected chi connectivity index (χ2v) is 9.00. The monoisotopic (exact) mass is 414 g/mol. The molecule has 138 valence electrons. The molecule has 1 heterocycles. The summed E-state index contributed by atoms with van der Waals surface area (Å²) in [6.45, 7) is 3.83. The molecule has 0 aliphatic heterocycles. The first kappa shape index (κ1) is 19.9. The molecule has 27 heavy (non-hydrogen) atoms. The van der Waals surface area contributed by atoms with Crippen LogP contribution in [0.2, 0.25) is 5.02 Å². The van der Waals surface area contributed by atoms with Crippen LogP contribution in [-0.4, -0.2) is 9.32 Å². The van der Waals surface area contributed by atoms with Gasteiger partial charge in [0, 0.05) is 15.5 Å². The van der Waals surface area contributed by atoms with Gasteiger partial charge in [-0.05, 0) is 55.1 Å². The molecule has 2 aromatic carbocycles. The Morgan fingerprint density at radius 1 is 1.19 bits per heavy atom. The molecule has 1 N–H and O–H groups in total. The highest BCUT2D eigenvalue weighted by molar-refractivity contribution is 7.85. The standard InChI is InChI=1S/C22H19ClO2S2/c1-3-22(24,13-12-18-5-4-14-26-18)20-15-17(23)8-11-21(20)27(25)19-9-6-16(2)7-10-19/h4-11,14-15,24H,3H2,1-2H3/t22-,27?/m1/s1. The van der Waals surface area contributed by atoms with Crippen molar-refractivity contribution < 1.29 is 9.32 Å². The van der Waals surface area contributed by atoms with Crippen LogP contribution in [0.1, 0.15) is 29.3 Å². The Morgan fingerprint density at radius 2 is 1.93 bits per heavy atom. The van der Waals surface area contributed by atoms with E-state index in [1.54, 1.807) is 18.2 Å². The van der Waals surface area contributed by atoms with Gasteiger partial charge < -0.3 is 5.11 Å². The summed E-state index contributed by atoms with van der Waals surface area (Å²) >= 11 is 7.71. The van der Waals surface area contributed by atoms with E-state index < -0.39 is 16.4 Å². The van der Waals surface area contributed by atoms with E-state index in [0.29, 0.717) is 26.8 Å². The highest BCUT2D eigenvalue weighted by Gasteiger charge is 2.30. The van der Waals surface area contributed by atoms with Gasteiger partial charge in [0.1, 0.15) is 0 Å². The van der Waals surface area contributed by atoms with Gasteiger partial charge >= 0.3 is 0 Å². The molecule has 2 nitrogen and oxygen atoms in total. The lowest BCUT2D eigenvalue weighted by Crippen LogP contribution is -2.24. The summed E-state index contributed by atoms with van der Waals surface area (Å²) < 4.78 is 13.2. The van der Waals surface area contributed by atoms with Crippen molar-refractivity contribution in [2.75, 3.05) is 0 Å². The summed E-state index contributed by atoms with van der Waals surface area (Å²) in [5.41, 5.74) is 0.143. The Kier molecular flexibility index (Phi) is 6.18. The number of halogens is 1. The fraction of sp³-hybridized carbons (Fsp3) is 0.182. The van der Waals surface area contributed by atoms with Gasteiger partial charge in [0.2, 0.25) is 0 Å². The van der Waals surface area contributed by atoms with E-state index in [-0.39, 0.29) is 0 Å². The molecule has 1 aromatic heterocycles. The number of benzene rings is 2. The Hall–Kier alpha value is -1.90. The summed E-state index contributed by atoms with van der Waals surface area (Å²) in [5, 5.41) is 13.7. The molecule has 3 rings (SSSR count). The zero-order valence-electron chi connectivity index (χ0n) is 15.0. The van der Waals surface area contributed by atoms with Gasteiger partial charge in [0.05, 0.1) is 20.6 Å². The molecule has 5 heteroatoms. The third-order valence-electron chi connectivity index (χ3n) is 4.25. The van der Waals surface area contributed by atoms with E-state index in [9.17, 15) is 9.32 Å². The van der Waals surface area contributed by atoms with Crippen molar-refractivity contribution in [3.8, 4) is 11.8 Å². The lowest BCUT2D eigenvalue weighted by Gasteiger charge is -2.24. The number of aliphatic hydroxyl groups is 1. The van der Waals surface area contributed by atoms with Crippen molar-refractivity contribution in [1.82, 2.24) is 0 Å². The quantitative estimate of drug-likeness (QED) is 0.570. The van der Waals surface area contributed by atoms with Gasteiger partial charge in [-0.3, -0.25) is 0 Å². The van der Waals surface area contributed by atoms with Gasteiger partial charge in [0.15, 0.2) is 5.60 Å². The highest BCUT2D eigenvalue weighted by atomic mass is 35.5. The fourth-order valence-corrected chi connectivity index (χ4v) is 4.64. The van der Waals surface area contributed by atoms with Crippen LogP contribution in [0.5, 0.6) is 0 Å². The lowest BCUT2D eigenvalue weighted by atomic mass is 9.91. The van der Waals surface area contributed by atoms with Crippen molar-refractivity contribution in [1.29, 1.82) is 0 Å².